The molecule has 27 heavy (non-hydrogen) atoms. The van der Waals surface area contributed by atoms with Gasteiger partial charge in [-0.3, -0.25) is 4.79 Å². The second-order valence-corrected chi connectivity index (χ2v) is 6.49. The van der Waals surface area contributed by atoms with Gasteiger partial charge in [-0.15, -0.1) is 0 Å². The number of ether oxygens (including phenoxy) is 1. The molecule has 140 valence electrons. The highest BCUT2D eigenvalue weighted by atomic mass is 16.5. The van der Waals surface area contributed by atoms with Gasteiger partial charge in [0.1, 0.15) is 11.5 Å². The molecule has 2 aromatic carbocycles. The van der Waals surface area contributed by atoms with E-state index in [2.05, 4.69) is 10.4 Å². The van der Waals surface area contributed by atoms with Crippen molar-refractivity contribution in [1.29, 1.82) is 0 Å². The second kappa shape index (κ2) is 7.53. The van der Waals surface area contributed by atoms with Gasteiger partial charge < -0.3 is 15.2 Å². The normalized spacial score (nSPS) is 11.9. The van der Waals surface area contributed by atoms with Crippen LogP contribution in [-0.4, -0.2) is 27.9 Å². The van der Waals surface area contributed by atoms with E-state index in [0.717, 1.165) is 28.3 Å². The van der Waals surface area contributed by atoms with Gasteiger partial charge in [-0.05, 0) is 62.7 Å². The standard InChI is InChI=1S/C21H23N3O3/c1-13-5-6-16(11-20(13)25)21(26)23-14(2)19-12-22-24(15(19)3)17-7-9-18(27-4)10-8-17/h5-12,14,25H,1-4H3,(H,23,26)/t14-/m1/s1. The van der Waals surface area contributed by atoms with Gasteiger partial charge in [-0.25, -0.2) is 4.68 Å². The Hall–Kier alpha value is -3.28. The highest BCUT2D eigenvalue weighted by molar-refractivity contribution is 5.95. The van der Waals surface area contributed by atoms with Crippen LogP contribution in [0, 0.1) is 13.8 Å². The molecule has 0 fully saturated rings. The number of phenolic OH excluding ortho intramolecular Hbond substituents is 1. The Balaban J connectivity index is 1.78. The van der Waals surface area contributed by atoms with E-state index in [1.54, 1.807) is 32.4 Å². The number of nitrogens with one attached hydrogen (secondary N) is 1. The third-order valence-electron chi connectivity index (χ3n) is 4.65. The summed E-state index contributed by atoms with van der Waals surface area (Å²) < 4.78 is 7.01. The molecule has 0 saturated heterocycles. The van der Waals surface area contributed by atoms with Crippen LogP contribution < -0.4 is 10.1 Å². The lowest BCUT2D eigenvalue weighted by Crippen LogP contribution is -2.26. The number of hydrogen-bond acceptors (Lipinski definition) is 4. The van der Waals surface area contributed by atoms with Crippen molar-refractivity contribution in [2.24, 2.45) is 0 Å². The quantitative estimate of drug-likeness (QED) is 0.723. The number of carbonyl (C=O) groups is 1. The topological polar surface area (TPSA) is 76.4 Å². The fourth-order valence-corrected chi connectivity index (χ4v) is 2.94. The minimum Gasteiger partial charge on any atom is -0.508 e. The third-order valence-corrected chi connectivity index (χ3v) is 4.65. The van der Waals surface area contributed by atoms with Crippen molar-refractivity contribution < 1.29 is 14.6 Å². The van der Waals surface area contributed by atoms with Crippen LogP contribution >= 0.6 is 0 Å². The molecule has 1 atom stereocenters. The number of aromatic nitrogens is 2. The lowest BCUT2D eigenvalue weighted by molar-refractivity contribution is 0.0939. The molecule has 6 heteroatoms. The molecule has 0 unspecified atom stereocenters. The van der Waals surface area contributed by atoms with E-state index in [0.29, 0.717) is 5.56 Å². The number of rotatable bonds is 5. The van der Waals surface area contributed by atoms with Crippen molar-refractivity contribution in [3.05, 3.63) is 71.0 Å². The van der Waals surface area contributed by atoms with Crippen LogP contribution in [0.2, 0.25) is 0 Å². The fraction of sp³-hybridized carbons (Fsp3) is 0.238. The molecule has 0 radical (unpaired) electrons. The first-order valence-electron chi connectivity index (χ1n) is 8.70. The third kappa shape index (κ3) is 3.79. The number of benzene rings is 2. The summed E-state index contributed by atoms with van der Waals surface area (Å²) in [6, 6.07) is 12.3. The zero-order valence-corrected chi connectivity index (χ0v) is 15.9. The number of methoxy groups -OCH3 is 1. The van der Waals surface area contributed by atoms with Crippen molar-refractivity contribution in [2.75, 3.05) is 7.11 Å². The molecule has 1 aromatic heterocycles. The molecule has 0 bridgehead atoms. The van der Waals surface area contributed by atoms with Gasteiger partial charge in [0, 0.05) is 16.8 Å². The number of aryl methyl sites for hydroxylation is 1. The van der Waals surface area contributed by atoms with Crippen LogP contribution in [0.1, 0.15) is 40.1 Å². The first-order chi connectivity index (χ1) is 12.9. The largest absolute Gasteiger partial charge is 0.508 e. The first kappa shape index (κ1) is 18.5. The lowest BCUT2D eigenvalue weighted by Gasteiger charge is -2.15. The van der Waals surface area contributed by atoms with E-state index in [9.17, 15) is 9.90 Å². The minimum absolute atomic E-state index is 0.110. The summed E-state index contributed by atoms with van der Waals surface area (Å²) in [4.78, 5) is 12.5. The molecule has 3 rings (SSSR count). The summed E-state index contributed by atoms with van der Waals surface area (Å²) in [5.74, 6) is 0.652. The lowest BCUT2D eigenvalue weighted by atomic mass is 10.1. The van der Waals surface area contributed by atoms with E-state index in [1.807, 2.05) is 42.8 Å². The zero-order chi connectivity index (χ0) is 19.6. The van der Waals surface area contributed by atoms with Gasteiger partial charge in [-0.1, -0.05) is 6.07 Å². The molecular weight excluding hydrogens is 342 g/mol. The van der Waals surface area contributed by atoms with Crippen LogP contribution in [0.3, 0.4) is 0 Å². The average molecular weight is 365 g/mol. The van der Waals surface area contributed by atoms with Crippen LogP contribution in [0.5, 0.6) is 11.5 Å². The molecule has 0 saturated carbocycles. The van der Waals surface area contributed by atoms with Crippen LogP contribution in [-0.2, 0) is 0 Å². The monoisotopic (exact) mass is 365 g/mol. The Bertz CT molecular complexity index is 961. The summed E-state index contributed by atoms with van der Waals surface area (Å²) in [5, 5.41) is 17.2. The van der Waals surface area contributed by atoms with Gasteiger partial charge in [-0.2, -0.15) is 5.10 Å². The molecular formula is C21H23N3O3. The summed E-state index contributed by atoms with van der Waals surface area (Å²) in [6.07, 6.45) is 1.76. The van der Waals surface area contributed by atoms with E-state index in [4.69, 9.17) is 4.74 Å². The highest BCUT2D eigenvalue weighted by Crippen LogP contribution is 2.23. The molecule has 0 spiro atoms. The summed E-state index contributed by atoms with van der Waals surface area (Å²) in [6.45, 7) is 5.66. The minimum atomic E-state index is -0.241. The van der Waals surface area contributed by atoms with Crippen molar-refractivity contribution >= 4 is 5.91 Å². The van der Waals surface area contributed by atoms with Crippen molar-refractivity contribution in [3.8, 4) is 17.2 Å². The fourth-order valence-electron chi connectivity index (χ4n) is 2.94. The van der Waals surface area contributed by atoms with E-state index < -0.39 is 0 Å². The molecule has 0 aliphatic carbocycles. The number of nitrogens with zero attached hydrogens (tertiary/aromatic N) is 2. The first-order valence-corrected chi connectivity index (χ1v) is 8.70. The van der Waals surface area contributed by atoms with E-state index >= 15 is 0 Å². The Morgan fingerprint density at radius 2 is 1.89 bits per heavy atom. The maximum atomic E-state index is 12.5. The molecule has 2 N–H and O–H groups in total. The van der Waals surface area contributed by atoms with Gasteiger partial charge in [0.05, 0.1) is 25.0 Å². The van der Waals surface area contributed by atoms with Crippen molar-refractivity contribution in [3.63, 3.8) is 0 Å². The van der Waals surface area contributed by atoms with Gasteiger partial charge in [0.25, 0.3) is 5.91 Å². The van der Waals surface area contributed by atoms with Gasteiger partial charge in [0.2, 0.25) is 0 Å². The Morgan fingerprint density at radius 3 is 2.52 bits per heavy atom. The Kier molecular flexibility index (Phi) is 5.16. The number of aromatic hydroxyl groups is 1. The van der Waals surface area contributed by atoms with Crippen molar-refractivity contribution in [1.82, 2.24) is 15.1 Å². The van der Waals surface area contributed by atoms with Crippen LogP contribution in [0.15, 0.2) is 48.7 Å². The number of amides is 1. The average Bonchev–Trinajstić information content (AvgIpc) is 3.05. The molecule has 0 aliphatic rings. The van der Waals surface area contributed by atoms with Crippen LogP contribution in [0.25, 0.3) is 5.69 Å². The summed E-state index contributed by atoms with van der Waals surface area (Å²) in [7, 11) is 1.63. The predicted octanol–water partition coefficient (Wildman–Crippen LogP) is 3.69. The summed E-state index contributed by atoms with van der Waals surface area (Å²) in [5.41, 5.74) is 3.94. The second-order valence-electron chi connectivity index (χ2n) is 6.49. The van der Waals surface area contributed by atoms with Gasteiger partial charge in [0.15, 0.2) is 0 Å². The predicted molar refractivity (Wildman–Crippen MR) is 104 cm³/mol. The Labute approximate surface area is 158 Å². The molecule has 6 nitrogen and oxygen atoms in total. The smallest absolute Gasteiger partial charge is 0.251 e. The Morgan fingerprint density at radius 1 is 1.19 bits per heavy atom. The van der Waals surface area contributed by atoms with E-state index in [1.165, 1.54) is 6.07 Å². The number of hydrogen-bond donors (Lipinski definition) is 2. The summed E-state index contributed by atoms with van der Waals surface area (Å²) >= 11 is 0. The molecule has 1 amide bonds. The molecule has 0 aliphatic heterocycles. The van der Waals surface area contributed by atoms with Crippen LogP contribution in [0.4, 0.5) is 0 Å². The number of phenols is 1. The van der Waals surface area contributed by atoms with Gasteiger partial charge >= 0.3 is 0 Å². The molecule has 1 heterocycles. The van der Waals surface area contributed by atoms with E-state index in [-0.39, 0.29) is 17.7 Å². The van der Waals surface area contributed by atoms with Crippen molar-refractivity contribution in [2.45, 2.75) is 26.8 Å². The highest BCUT2D eigenvalue weighted by Gasteiger charge is 2.17. The zero-order valence-electron chi connectivity index (χ0n) is 15.9. The number of carbonyl (C=O) groups excluding carboxylic acids is 1. The SMILES string of the molecule is COc1ccc(-n2ncc([C@@H](C)NC(=O)c3ccc(C)c(O)c3)c2C)cc1. The maximum Gasteiger partial charge on any atom is 0.251 e. The molecule has 3 aromatic rings. The maximum absolute atomic E-state index is 12.5.